The highest BCUT2D eigenvalue weighted by Crippen LogP contribution is 2.33. The maximum absolute atomic E-state index is 12.4. The Morgan fingerprint density at radius 3 is 2.90 bits per heavy atom. The van der Waals surface area contributed by atoms with Crippen LogP contribution in [0.25, 0.3) is 0 Å². The molecule has 1 fully saturated rings. The fraction of sp³-hybridized carbons (Fsp3) is 0.562. The average Bonchev–Trinajstić information content (AvgIpc) is 2.98. The molecule has 0 heterocycles. The molecular formula is C16H24N2O3. The van der Waals surface area contributed by atoms with Crippen molar-refractivity contribution >= 4 is 11.6 Å². The molecule has 0 aliphatic heterocycles. The first kappa shape index (κ1) is 15.8. The zero-order valence-electron chi connectivity index (χ0n) is 12.5. The van der Waals surface area contributed by atoms with Crippen LogP contribution in [0.1, 0.15) is 19.3 Å². The molecule has 1 amide bonds. The van der Waals surface area contributed by atoms with Crippen molar-refractivity contribution in [1.82, 2.24) is 0 Å². The Hall–Kier alpha value is -1.59. The summed E-state index contributed by atoms with van der Waals surface area (Å²) in [6.07, 6.45) is 3.03. The summed E-state index contributed by atoms with van der Waals surface area (Å²) in [5.41, 5.74) is 6.46. The Labute approximate surface area is 125 Å². The van der Waals surface area contributed by atoms with Gasteiger partial charge in [-0.1, -0.05) is 18.6 Å². The number of hydrogen-bond acceptors (Lipinski definition) is 4. The summed E-state index contributed by atoms with van der Waals surface area (Å²) in [6, 6.07) is 7.47. The van der Waals surface area contributed by atoms with Crippen molar-refractivity contribution in [3.8, 4) is 5.75 Å². The van der Waals surface area contributed by atoms with E-state index in [1.165, 1.54) is 0 Å². The van der Waals surface area contributed by atoms with Crippen molar-refractivity contribution in [3.05, 3.63) is 24.3 Å². The Balaban J connectivity index is 2.00. The number of para-hydroxylation sites is 2. The number of benzene rings is 1. The van der Waals surface area contributed by atoms with E-state index in [0.717, 1.165) is 19.3 Å². The molecule has 0 saturated heterocycles. The van der Waals surface area contributed by atoms with E-state index in [0.29, 0.717) is 37.1 Å². The van der Waals surface area contributed by atoms with Gasteiger partial charge in [-0.25, -0.2) is 0 Å². The van der Waals surface area contributed by atoms with Gasteiger partial charge in [-0.05, 0) is 37.4 Å². The fourth-order valence-electron chi connectivity index (χ4n) is 2.82. The molecule has 1 aliphatic rings. The van der Waals surface area contributed by atoms with Crippen molar-refractivity contribution in [2.45, 2.75) is 19.3 Å². The Kier molecular flexibility index (Phi) is 6.02. The quantitative estimate of drug-likeness (QED) is 0.754. The molecule has 5 heteroatoms. The lowest BCUT2D eigenvalue weighted by Crippen LogP contribution is -2.29. The minimum atomic E-state index is 0.0158. The number of nitrogens with two attached hydrogens (primary N) is 1. The number of hydrogen-bond donors (Lipinski definition) is 2. The van der Waals surface area contributed by atoms with E-state index in [1.54, 1.807) is 7.11 Å². The van der Waals surface area contributed by atoms with E-state index in [9.17, 15) is 4.79 Å². The summed E-state index contributed by atoms with van der Waals surface area (Å²) in [7, 11) is 1.63. The first-order chi connectivity index (χ1) is 10.3. The van der Waals surface area contributed by atoms with Gasteiger partial charge in [0.2, 0.25) is 5.91 Å². The predicted molar refractivity (Wildman–Crippen MR) is 82.3 cm³/mol. The van der Waals surface area contributed by atoms with Crippen molar-refractivity contribution in [2.24, 2.45) is 17.6 Å². The molecule has 1 saturated carbocycles. The second-order valence-corrected chi connectivity index (χ2v) is 5.36. The third-order valence-electron chi connectivity index (χ3n) is 3.99. The van der Waals surface area contributed by atoms with Gasteiger partial charge in [0.05, 0.1) is 12.3 Å². The molecule has 116 valence electrons. The monoisotopic (exact) mass is 292 g/mol. The molecular weight excluding hydrogens is 268 g/mol. The number of nitrogens with one attached hydrogen (secondary N) is 1. The average molecular weight is 292 g/mol. The van der Waals surface area contributed by atoms with E-state index in [1.807, 2.05) is 24.3 Å². The van der Waals surface area contributed by atoms with Crippen LogP contribution in [0.3, 0.4) is 0 Å². The summed E-state index contributed by atoms with van der Waals surface area (Å²) in [6.45, 7) is 1.54. The number of ether oxygens (including phenoxy) is 2. The van der Waals surface area contributed by atoms with Crippen molar-refractivity contribution < 1.29 is 14.3 Å². The van der Waals surface area contributed by atoms with E-state index >= 15 is 0 Å². The van der Waals surface area contributed by atoms with E-state index in [4.69, 9.17) is 15.2 Å². The smallest absolute Gasteiger partial charge is 0.227 e. The van der Waals surface area contributed by atoms with Gasteiger partial charge in [0.25, 0.3) is 0 Å². The van der Waals surface area contributed by atoms with Gasteiger partial charge in [0, 0.05) is 13.0 Å². The van der Waals surface area contributed by atoms with Gasteiger partial charge >= 0.3 is 0 Å². The Morgan fingerprint density at radius 1 is 1.33 bits per heavy atom. The fourth-order valence-corrected chi connectivity index (χ4v) is 2.82. The number of amides is 1. The first-order valence-corrected chi connectivity index (χ1v) is 7.48. The maximum Gasteiger partial charge on any atom is 0.227 e. The van der Waals surface area contributed by atoms with Crippen molar-refractivity contribution in [3.63, 3.8) is 0 Å². The van der Waals surface area contributed by atoms with Gasteiger partial charge in [-0.2, -0.15) is 0 Å². The molecule has 0 bridgehead atoms. The summed E-state index contributed by atoms with van der Waals surface area (Å²) in [4.78, 5) is 12.4. The molecule has 3 N–H and O–H groups in total. The molecule has 0 spiro atoms. The van der Waals surface area contributed by atoms with E-state index in [2.05, 4.69) is 5.32 Å². The van der Waals surface area contributed by atoms with Crippen LogP contribution in [-0.4, -0.2) is 32.8 Å². The standard InChI is InChI=1S/C16H24N2O3/c1-20-9-10-21-15-8-3-2-7-14(15)18-16(19)13-6-4-5-12(13)11-17/h2-3,7-8,12-13H,4-6,9-11,17H2,1H3,(H,18,19)/t12-,13-/m1/s1. The van der Waals surface area contributed by atoms with Crippen LogP contribution in [0.2, 0.25) is 0 Å². The number of carbonyl (C=O) groups is 1. The number of carbonyl (C=O) groups excluding carboxylic acids is 1. The van der Waals surface area contributed by atoms with Crippen LogP contribution in [0.5, 0.6) is 5.75 Å². The molecule has 0 aromatic heterocycles. The summed E-state index contributed by atoms with van der Waals surface area (Å²) in [5, 5.41) is 2.98. The van der Waals surface area contributed by atoms with Crippen molar-refractivity contribution in [2.75, 3.05) is 32.2 Å². The number of methoxy groups -OCH3 is 1. The zero-order chi connectivity index (χ0) is 15.1. The second kappa shape index (κ2) is 8.00. The van der Waals surface area contributed by atoms with E-state index < -0.39 is 0 Å². The highest BCUT2D eigenvalue weighted by atomic mass is 16.5. The molecule has 1 aromatic carbocycles. The first-order valence-electron chi connectivity index (χ1n) is 7.48. The van der Waals surface area contributed by atoms with Gasteiger partial charge in [0.1, 0.15) is 12.4 Å². The van der Waals surface area contributed by atoms with Gasteiger partial charge in [-0.3, -0.25) is 4.79 Å². The van der Waals surface area contributed by atoms with Gasteiger partial charge in [-0.15, -0.1) is 0 Å². The highest BCUT2D eigenvalue weighted by Gasteiger charge is 2.32. The summed E-state index contributed by atoms with van der Waals surface area (Å²) in [5.74, 6) is 1.03. The minimum Gasteiger partial charge on any atom is -0.489 e. The van der Waals surface area contributed by atoms with Crippen molar-refractivity contribution in [1.29, 1.82) is 0 Å². The summed E-state index contributed by atoms with van der Waals surface area (Å²) >= 11 is 0. The third-order valence-corrected chi connectivity index (χ3v) is 3.99. The molecule has 5 nitrogen and oxygen atoms in total. The molecule has 1 aromatic rings. The molecule has 0 unspecified atom stereocenters. The van der Waals surface area contributed by atoms with Gasteiger partial charge < -0.3 is 20.5 Å². The zero-order valence-corrected chi connectivity index (χ0v) is 12.5. The molecule has 21 heavy (non-hydrogen) atoms. The number of rotatable bonds is 7. The molecule has 2 rings (SSSR count). The van der Waals surface area contributed by atoms with Crippen LogP contribution in [0.15, 0.2) is 24.3 Å². The lowest BCUT2D eigenvalue weighted by Gasteiger charge is -2.18. The number of anilines is 1. The largest absolute Gasteiger partial charge is 0.489 e. The molecule has 0 radical (unpaired) electrons. The minimum absolute atomic E-state index is 0.0158. The normalized spacial score (nSPS) is 21.2. The Morgan fingerprint density at radius 2 is 2.14 bits per heavy atom. The topological polar surface area (TPSA) is 73.6 Å². The predicted octanol–water partition coefficient (Wildman–Crippen LogP) is 2.03. The van der Waals surface area contributed by atoms with Gasteiger partial charge in [0.15, 0.2) is 0 Å². The molecule has 1 aliphatic carbocycles. The lowest BCUT2D eigenvalue weighted by atomic mass is 9.95. The highest BCUT2D eigenvalue weighted by molar-refractivity contribution is 5.94. The van der Waals surface area contributed by atoms with Crippen LogP contribution >= 0.6 is 0 Å². The maximum atomic E-state index is 12.4. The lowest BCUT2D eigenvalue weighted by molar-refractivity contribution is -0.120. The van der Waals surface area contributed by atoms with E-state index in [-0.39, 0.29) is 11.8 Å². The Bertz CT molecular complexity index is 465. The summed E-state index contributed by atoms with van der Waals surface area (Å²) < 4.78 is 10.6. The van der Waals surface area contributed by atoms with Crippen LogP contribution in [0.4, 0.5) is 5.69 Å². The van der Waals surface area contributed by atoms with Crippen LogP contribution < -0.4 is 15.8 Å². The van der Waals surface area contributed by atoms with Crippen LogP contribution in [0, 0.1) is 11.8 Å². The molecule has 2 atom stereocenters. The third kappa shape index (κ3) is 4.19. The SMILES string of the molecule is COCCOc1ccccc1NC(=O)[C@@H]1CCC[C@@H]1CN. The second-order valence-electron chi connectivity index (χ2n) is 5.36. The van der Waals surface area contributed by atoms with Crippen LogP contribution in [-0.2, 0) is 9.53 Å².